The third-order valence-electron chi connectivity index (χ3n) is 4.65. The van der Waals surface area contributed by atoms with Crippen molar-refractivity contribution in [2.24, 2.45) is 0 Å². The van der Waals surface area contributed by atoms with Gasteiger partial charge in [-0.1, -0.05) is 6.07 Å². The number of aliphatic hydroxyl groups is 1. The van der Waals surface area contributed by atoms with Gasteiger partial charge in [0.2, 0.25) is 5.82 Å². The second-order valence-corrected chi connectivity index (χ2v) is 7.03. The van der Waals surface area contributed by atoms with Crippen LogP contribution in [0.5, 0.6) is 5.75 Å². The van der Waals surface area contributed by atoms with Crippen LogP contribution in [0.25, 0.3) is 0 Å². The summed E-state index contributed by atoms with van der Waals surface area (Å²) in [7, 11) is 2.88. The average molecular weight is 438 g/mol. The average Bonchev–Trinajstić information content (AvgIpc) is 3.21. The maximum Gasteiger partial charge on any atom is 0.253 e. The van der Waals surface area contributed by atoms with Gasteiger partial charge in [-0.3, -0.25) is 9.78 Å². The number of hydrogen-bond acceptors (Lipinski definition) is 6. The first-order chi connectivity index (χ1) is 14.8. The predicted molar refractivity (Wildman–Crippen MR) is 111 cm³/mol. The lowest BCUT2D eigenvalue weighted by atomic mass is 10.1. The molecular formula is C22H28F2N2O5. The van der Waals surface area contributed by atoms with E-state index in [9.17, 15) is 18.7 Å². The summed E-state index contributed by atoms with van der Waals surface area (Å²) < 4.78 is 39.8. The van der Waals surface area contributed by atoms with Crippen LogP contribution in [0, 0.1) is 11.6 Å². The summed E-state index contributed by atoms with van der Waals surface area (Å²) in [6.45, 7) is 2.43. The molecule has 2 unspecified atom stereocenters. The summed E-state index contributed by atoms with van der Waals surface area (Å²) in [5.74, 6) is -2.04. The number of rotatable bonds is 7. The Bertz CT molecular complexity index is 835. The van der Waals surface area contributed by atoms with E-state index in [2.05, 4.69) is 15.0 Å². The molecule has 7 nitrogen and oxygen atoms in total. The minimum atomic E-state index is -0.940. The molecule has 1 aliphatic rings. The summed E-state index contributed by atoms with van der Waals surface area (Å²) >= 11 is 0. The summed E-state index contributed by atoms with van der Waals surface area (Å²) in [5, 5.41) is 12.7. The van der Waals surface area contributed by atoms with Gasteiger partial charge in [0.15, 0.2) is 11.6 Å². The number of aromatic nitrogens is 1. The largest absolute Gasteiger partial charge is 0.494 e. The highest BCUT2D eigenvalue weighted by Gasteiger charge is 2.28. The molecule has 1 fully saturated rings. The Labute approximate surface area is 180 Å². The first-order valence-electron chi connectivity index (χ1n) is 9.93. The fourth-order valence-electron chi connectivity index (χ4n) is 2.91. The van der Waals surface area contributed by atoms with Crippen molar-refractivity contribution in [1.82, 2.24) is 4.98 Å². The zero-order valence-electron chi connectivity index (χ0n) is 17.8. The molecule has 3 atom stereocenters. The molecule has 3 rings (SSSR count). The Hall–Kier alpha value is -2.62. The van der Waals surface area contributed by atoms with E-state index in [1.165, 1.54) is 19.2 Å². The third-order valence-corrected chi connectivity index (χ3v) is 4.65. The summed E-state index contributed by atoms with van der Waals surface area (Å²) in [6, 6.07) is 7.22. The van der Waals surface area contributed by atoms with Gasteiger partial charge in [-0.25, -0.2) is 4.39 Å². The standard InChI is InChI=1S/C15H22N2O4.C7H6F2O/c1-10-3-6-14(21-10)15(19)17-11-4-5-12(16-9-11)13(18)7-8-20-2;1-10-6-4-2-3-5(8)7(6)9/h4-5,9-10,13-14,18H,3,6-8H2,1-2H3,(H,17,19);2-4H,1H3/t10?,13?,14-;/m1./s1. The number of nitrogens with one attached hydrogen (secondary N) is 1. The molecule has 1 saturated heterocycles. The van der Waals surface area contributed by atoms with E-state index in [-0.39, 0.29) is 23.9 Å². The molecule has 9 heteroatoms. The Morgan fingerprint density at radius 2 is 2.06 bits per heavy atom. The number of carbonyl (C=O) groups excluding carboxylic acids is 1. The van der Waals surface area contributed by atoms with Gasteiger partial charge in [0.1, 0.15) is 6.10 Å². The maximum absolute atomic E-state index is 12.5. The van der Waals surface area contributed by atoms with Crippen LogP contribution in [-0.2, 0) is 14.3 Å². The Balaban J connectivity index is 0.000000285. The molecule has 31 heavy (non-hydrogen) atoms. The number of pyridine rings is 1. The number of aliphatic hydroxyl groups excluding tert-OH is 1. The van der Waals surface area contributed by atoms with Gasteiger partial charge in [-0.15, -0.1) is 0 Å². The Morgan fingerprint density at radius 1 is 1.29 bits per heavy atom. The number of amides is 1. The van der Waals surface area contributed by atoms with Crippen molar-refractivity contribution >= 4 is 11.6 Å². The fourth-order valence-corrected chi connectivity index (χ4v) is 2.91. The molecule has 2 aromatic rings. The molecule has 1 aliphatic heterocycles. The molecule has 1 aromatic heterocycles. The van der Waals surface area contributed by atoms with Crippen LogP contribution >= 0.6 is 0 Å². The van der Waals surface area contributed by atoms with Gasteiger partial charge >= 0.3 is 0 Å². The number of halogens is 2. The van der Waals surface area contributed by atoms with E-state index < -0.39 is 17.7 Å². The van der Waals surface area contributed by atoms with Crippen LogP contribution in [0.15, 0.2) is 36.5 Å². The monoisotopic (exact) mass is 438 g/mol. The topological polar surface area (TPSA) is 89.9 Å². The fraction of sp³-hybridized carbons (Fsp3) is 0.455. The summed E-state index contributed by atoms with van der Waals surface area (Å²) in [6.07, 6.45) is 2.78. The number of carbonyl (C=O) groups is 1. The molecule has 0 aliphatic carbocycles. The normalized spacial score (nSPS) is 18.6. The predicted octanol–water partition coefficient (Wildman–Crippen LogP) is 3.63. The Morgan fingerprint density at radius 3 is 2.61 bits per heavy atom. The van der Waals surface area contributed by atoms with Crippen molar-refractivity contribution in [3.63, 3.8) is 0 Å². The van der Waals surface area contributed by atoms with E-state index >= 15 is 0 Å². The quantitative estimate of drug-likeness (QED) is 0.686. The van der Waals surface area contributed by atoms with Gasteiger partial charge in [-0.05, 0) is 44.0 Å². The van der Waals surface area contributed by atoms with Crippen LogP contribution in [0.3, 0.4) is 0 Å². The first-order valence-corrected chi connectivity index (χ1v) is 9.93. The van der Waals surface area contributed by atoms with E-state index in [0.717, 1.165) is 18.9 Å². The highest BCUT2D eigenvalue weighted by atomic mass is 19.2. The molecule has 2 N–H and O–H groups in total. The van der Waals surface area contributed by atoms with Gasteiger partial charge in [0.25, 0.3) is 5.91 Å². The van der Waals surface area contributed by atoms with E-state index in [0.29, 0.717) is 24.4 Å². The number of hydrogen-bond donors (Lipinski definition) is 2. The zero-order chi connectivity index (χ0) is 22.8. The molecule has 1 amide bonds. The van der Waals surface area contributed by atoms with Crippen LogP contribution < -0.4 is 10.1 Å². The van der Waals surface area contributed by atoms with Gasteiger partial charge < -0.3 is 24.6 Å². The number of benzene rings is 1. The second-order valence-electron chi connectivity index (χ2n) is 7.03. The van der Waals surface area contributed by atoms with Gasteiger partial charge in [-0.2, -0.15) is 4.39 Å². The maximum atomic E-state index is 12.5. The lowest BCUT2D eigenvalue weighted by Crippen LogP contribution is -2.27. The lowest BCUT2D eigenvalue weighted by Gasteiger charge is -2.13. The summed E-state index contributed by atoms with van der Waals surface area (Å²) in [5.41, 5.74) is 1.17. The van der Waals surface area contributed by atoms with E-state index in [1.807, 2.05) is 6.92 Å². The SMILES string of the molecule is COCCC(O)c1ccc(NC(=O)[C@H]2CCC(C)O2)cn1.COc1cccc(F)c1F. The molecule has 170 valence electrons. The molecule has 2 heterocycles. The Kier molecular flexibility index (Phi) is 9.77. The molecule has 0 saturated carbocycles. The summed E-state index contributed by atoms with van der Waals surface area (Å²) in [4.78, 5) is 16.2. The van der Waals surface area contributed by atoms with Gasteiger partial charge in [0, 0.05) is 20.1 Å². The van der Waals surface area contributed by atoms with Gasteiger partial charge in [0.05, 0.1) is 36.9 Å². The molecular weight excluding hydrogens is 410 g/mol. The molecule has 0 bridgehead atoms. The van der Waals surface area contributed by atoms with Crippen molar-refractivity contribution < 1.29 is 32.9 Å². The number of methoxy groups -OCH3 is 2. The smallest absolute Gasteiger partial charge is 0.253 e. The van der Waals surface area contributed by atoms with Crippen molar-refractivity contribution in [1.29, 1.82) is 0 Å². The lowest BCUT2D eigenvalue weighted by molar-refractivity contribution is -0.126. The van der Waals surface area contributed by atoms with Crippen LogP contribution in [0.1, 0.15) is 38.0 Å². The molecule has 0 radical (unpaired) electrons. The highest BCUT2D eigenvalue weighted by molar-refractivity contribution is 5.94. The highest BCUT2D eigenvalue weighted by Crippen LogP contribution is 2.21. The van der Waals surface area contributed by atoms with Crippen LogP contribution in [0.4, 0.5) is 14.5 Å². The number of anilines is 1. The zero-order valence-corrected chi connectivity index (χ0v) is 17.8. The number of nitrogens with zero attached hydrogens (tertiary/aromatic N) is 1. The minimum Gasteiger partial charge on any atom is -0.494 e. The molecule has 1 aromatic carbocycles. The first kappa shape index (κ1) is 24.6. The van der Waals surface area contributed by atoms with Crippen molar-refractivity contribution in [2.45, 2.75) is 44.5 Å². The third kappa shape index (κ3) is 7.54. The van der Waals surface area contributed by atoms with Crippen molar-refractivity contribution in [3.05, 3.63) is 53.9 Å². The minimum absolute atomic E-state index is 0.0694. The second kappa shape index (κ2) is 12.3. The van der Waals surface area contributed by atoms with Crippen LogP contribution in [0.2, 0.25) is 0 Å². The van der Waals surface area contributed by atoms with Crippen molar-refractivity contribution in [3.8, 4) is 5.75 Å². The van der Waals surface area contributed by atoms with Crippen molar-refractivity contribution in [2.75, 3.05) is 26.1 Å². The van der Waals surface area contributed by atoms with Crippen LogP contribution in [-0.4, -0.2) is 49.0 Å². The van der Waals surface area contributed by atoms with E-state index in [4.69, 9.17) is 9.47 Å². The molecule has 0 spiro atoms. The van der Waals surface area contributed by atoms with E-state index in [1.54, 1.807) is 25.4 Å². The number of ether oxygens (including phenoxy) is 3.